The molecule has 0 aliphatic carbocycles. The molecule has 5 heteroatoms. The van der Waals surface area contributed by atoms with Gasteiger partial charge in [0.1, 0.15) is 0 Å². The lowest BCUT2D eigenvalue weighted by atomic mass is 9.87. The molecule has 2 rings (SSSR count). The molecular weight excluding hydrogens is 288 g/mol. The number of hydrogen-bond donors (Lipinski definition) is 2. The third-order valence-corrected chi connectivity index (χ3v) is 3.47. The van der Waals surface area contributed by atoms with E-state index in [2.05, 4.69) is 10.3 Å². The molecule has 0 fully saturated rings. The van der Waals surface area contributed by atoms with Crippen molar-refractivity contribution in [2.45, 2.75) is 19.8 Å². The van der Waals surface area contributed by atoms with Gasteiger partial charge in [-0.05, 0) is 29.7 Å². The minimum atomic E-state index is -0.304. The lowest BCUT2D eigenvalue weighted by Crippen LogP contribution is -2.25. The first-order valence-corrected chi connectivity index (χ1v) is 7.10. The van der Waals surface area contributed by atoms with E-state index in [1.54, 1.807) is 18.2 Å². The van der Waals surface area contributed by atoms with Crippen molar-refractivity contribution < 1.29 is 4.79 Å². The summed E-state index contributed by atoms with van der Waals surface area (Å²) < 4.78 is 0. The summed E-state index contributed by atoms with van der Waals surface area (Å²) in [5.41, 5.74) is 1.14. The Hall–Kier alpha value is -2.07. The molecule has 1 atom stereocenters. The Bertz CT molecular complexity index is 677. The molecule has 1 unspecified atom stereocenters. The maximum Gasteiger partial charge on any atom is 0.249 e. The number of aromatic nitrogens is 1. The van der Waals surface area contributed by atoms with Crippen molar-refractivity contribution >= 4 is 23.2 Å². The van der Waals surface area contributed by atoms with Crippen LogP contribution in [0.4, 0.5) is 5.69 Å². The average Bonchev–Trinajstić information content (AvgIpc) is 2.41. The predicted molar refractivity (Wildman–Crippen MR) is 84.7 cm³/mol. The van der Waals surface area contributed by atoms with Crippen molar-refractivity contribution in [2.24, 2.45) is 5.92 Å². The molecule has 1 amide bonds. The van der Waals surface area contributed by atoms with E-state index in [-0.39, 0.29) is 23.3 Å². The topological polar surface area (TPSA) is 62.0 Å². The molecule has 4 nitrogen and oxygen atoms in total. The maximum absolute atomic E-state index is 12.5. The summed E-state index contributed by atoms with van der Waals surface area (Å²) in [6.07, 6.45) is 1.50. The van der Waals surface area contributed by atoms with Crippen LogP contribution in [-0.2, 0) is 4.79 Å². The number of hydrogen-bond acceptors (Lipinski definition) is 2. The minimum Gasteiger partial charge on any atom is -0.329 e. The van der Waals surface area contributed by atoms with E-state index in [0.29, 0.717) is 10.7 Å². The molecule has 1 aromatic carbocycles. The first-order valence-electron chi connectivity index (χ1n) is 6.72. The van der Waals surface area contributed by atoms with Gasteiger partial charge >= 0.3 is 0 Å². The van der Waals surface area contributed by atoms with Gasteiger partial charge in [-0.1, -0.05) is 37.6 Å². The summed E-state index contributed by atoms with van der Waals surface area (Å²) in [5.74, 6) is -0.326. The van der Waals surface area contributed by atoms with Gasteiger partial charge in [0.15, 0.2) is 0 Å². The van der Waals surface area contributed by atoms with E-state index < -0.39 is 0 Å². The summed E-state index contributed by atoms with van der Waals surface area (Å²) in [4.78, 5) is 26.3. The van der Waals surface area contributed by atoms with Crippen LogP contribution >= 0.6 is 11.6 Å². The van der Waals surface area contributed by atoms with Gasteiger partial charge in [-0.15, -0.1) is 0 Å². The Morgan fingerprint density at radius 2 is 1.86 bits per heavy atom. The maximum atomic E-state index is 12.5. The molecule has 2 N–H and O–H groups in total. The van der Waals surface area contributed by atoms with E-state index in [4.69, 9.17) is 11.6 Å². The molecule has 0 radical (unpaired) electrons. The number of aromatic amines is 1. The van der Waals surface area contributed by atoms with Gasteiger partial charge in [0.2, 0.25) is 11.5 Å². The Morgan fingerprint density at radius 3 is 2.43 bits per heavy atom. The van der Waals surface area contributed by atoms with Crippen LogP contribution < -0.4 is 10.9 Å². The van der Waals surface area contributed by atoms with Gasteiger partial charge in [-0.25, -0.2) is 0 Å². The van der Waals surface area contributed by atoms with Crippen LogP contribution in [0.25, 0.3) is 0 Å². The highest BCUT2D eigenvalue weighted by molar-refractivity contribution is 6.30. The second-order valence-corrected chi connectivity index (χ2v) is 5.64. The van der Waals surface area contributed by atoms with Crippen LogP contribution in [0.15, 0.2) is 47.4 Å². The van der Waals surface area contributed by atoms with E-state index in [1.165, 1.54) is 12.3 Å². The third-order valence-electron chi connectivity index (χ3n) is 3.22. The van der Waals surface area contributed by atoms with Gasteiger partial charge in [0.05, 0.1) is 5.92 Å². The number of halogens is 1. The fourth-order valence-corrected chi connectivity index (χ4v) is 2.38. The van der Waals surface area contributed by atoms with Gasteiger partial charge in [0, 0.05) is 23.0 Å². The second kappa shape index (κ2) is 6.59. The zero-order chi connectivity index (χ0) is 15.4. The van der Waals surface area contributed by atoms with E-state index in [9.17, 15) is 9.59 Å². The number of carbonyl (C=O) groups is 1. The zero-order valence-corrected chi connectivity index (χ0v) is 12.6. The smallest absolute Gasteiger partial charge is 0.249 e. The number of carbonyl (C=O) groups excluding carboxylic acids is 1. The fourth-order valence-electron chi connectivity index (χ4n) is 2.25. The van der Waals surface area contributed by atoms with Gasteiger partial charge in [-0.2, -0.15) is 0 Å². The molecule has 0 bridgehead atoms. The highest BCUT2D eigenvalue weighted by Crippen LogP contribution is 2.27. The Labute approximate surface area is 128 Å². The molecule has 0 aliphatic heterocycles. The first-order chi connectivity index (χ1) is 9.97. The molecule has 0 spiro atoms. The summed E-state index contributed by atoms with van der Waals surface area (Å²) >= 11 is 5.88. The molecular formula is C16H17ClN2O2. The number of benzene rings is 1. The summed E-state index contributed by atoms with van der Waals surface area (Å²) in [6.45, 7) is 3.97. The van der Waals surface area contributed by atoms with Crippen molar-refractivity contribution in [2.75, 3.05) is 5.32 Å². The van der Waals surface area contributed by atoms with Crippen LogP contribution in [0.5, 0.6) is 0 Å². The molecule has 2 aromatic rings. The number of pyridine rings is 1. The summed E-state index contributed by atoms with van der Waals surface area (Å²) in [5, 5.41) is 3.42. The number of rotatable bonds is 4. The molecule has 0 saturated carbocycles. The SMILES string of the molecule is CC(C)C(C(=O)Nc1cc[nH]c(=O)c1)c1ccc(Cl)cc1. The largest absolute Gasteiger partial charge is 0.329 e. The molecule has 0 saturated heterocycles. The third kappa shape index (κ3) is 3.95. The van der Waals surface area contributed by atoms with Crippen LogP contribution in [-0.4, -0.2) is 10.9 Å². The van der Waals surface area contributed by atoms with Crippen molar-refractivity contribution in [3.8, 4) is 0 Å². The van der Waals surface area contributed by atoms with E-state index in [1.807, 2.05) is 26.0 Å². The highest BCUT2D eigenvalue weighted by Gasteiger charge is 2.24. The molecule has 21 heavy (non-hydrogen) atoms. The highest BCUT2D eigenvalue weighted by atomic mass is 35.5. The van der Waals surface area contributed by atoms with Crippen LogP contribution in [0.2, 0.25) is 5.02 Å². The monoisotopic (exact) mass is 304 g/mol. The normalized spacial score (nSPS) is 12.2. The van der Waals surface area contributed by atoms with Crippen molar-refractivity contribution in [3.05, 3.63) is 63.5 Å². The Balaban J connectivity index is 2.24. The van der Waals surface area contributed by atoms with Crippen LogP contribution in [0.1, 0.15) is 25.3 Å². The van der Waals surface area contributed by atoms with Gasteiger partial charge < -0.3 is 10.3 Å². The summed E-state index contributed by atoms with van der Waals surface area (Å²) in [7, 11) is 0. The molecule has 1 heterocycles. The number of anilines is 1. The lowest BCUT2D eigenvalue weighted by Gasteiger charge is -2.20. The Morgan fingerprint density at radius 1 is 1.19 bits per heavy atom. The second-order valence-electron chi connectivity index (χ2n) is 5.20. The zero-order valence-electron chi connectivity index (χ0n) is 11.9. The van der Waals surface area contributed by atoms with Crippen molar-refractivity contribution in [1.29, 1.82) is 0 Å². The van der Waals surface area contributed by atoms with E-state index >= 15 is 0 Å². The van der Waals surface area contributed by atoms with Crippen LogP contribution in [0, 0.1) is 5.92 Å². The van der Waals surface area contributed by atoms with Gasteiger partial charge in [-0.3, -0.25) is 9.59 Å². The van der Waals surface area contributed by atoms with E-state index in [0.717, 1.165) is 5.56 Å². The number of nitrogens with one attached hydrogen (secondary N) is 2. The van der Waals surface area contributed by atoms with Crippen LogP contribution in [0.3, 0.4) is 0 Å². The van der Waals surface area contributed by atoms with Crippen molar-refractivity contribution in [3.63, 3.8) is 0 Å². The summed E-state index contributed by atoms with van der Waals surface area (Å²) in [6, 6.07) is 10.3. The molecule has 110 valence electrons. The average molecular weight is 305 g/mol. The minimum absolute atomic E-state index is 0.119. The molecule has 1 aromatic heterocycles. The fraction of sp³-hybridized carbons (Fsp3) is 0.250. The number of H-pyrrole nitrogens is 1. The van der Waals surface area contributed by atoms with Gasteiger partial charge in [0.25, 0.3) is 0 Å². The molecule has 0 aliphatic rings. The Kier molecular flexibility index (Phi) is 4.81. The quantitative estimate of drug-likeness (QED) is 0.909. The number of amides is 1. The van der Waals surface area contributed by atoms with Crippen molar-refractivity contribution in [1.82, 2.24) is 4.98 Å². The standard InChI is InChI=1S/C16H17ClN2O2/c1-10(2)15(11-3-5-12(17)6-4-11)16(21)19-13-7-8-18-14(20)9-13/h3-10,15H,1-2H3,(H2,18,19,20,21). The predicted octanol–water partition coefficient (Wildman–Crippen LogP) is 3.41. The first kappa shape index (κ1) is 15.3. The lowest BCUT2D eigenvalue weighted by molar-refractivity contribution is -0.118.